The van der Waals surface area contributed by atoms with Gasteiger partial charge in [0.25, 0.3) is 0 Å². The van der Waals surface area contributed by atoms with Gasteiger partial charge in [-0.2, -0.15) is 5.11 Å². The van der Waals surface area contributed by atoms with Crippen LogP contribution in [0.5, 0.6) is 0 Å². The Hall–Kier alpha value is -1.32. The summed E-state index contributed by atoms with van der Waals surface area (Å²) < 4.78 is 0. The van der Waals surface area contributed by atoms with Crippen LogP contribution >= 0.6 is 0 Å². The van der Waals surface area contributed by atoms with Gasteiger partial charge >= 0.3 is 0 Å². The van der Waals surface area contributed by atoms with Crippen LogP contribution in [0.4, 0.5) is 0 Å². The van der Waals surface area contributed by atoms with E-state index in [1.165, 1.54) is 0 Å². The molecule has 1 aliphatic rings. The molecule has 1 atom stereocenters. The Morgan fingerprint density at radius 2 is 2.31 bits per heavy atom. The predicted octanol–water partition coefficient (Wildman–Crippen LogP) is 2.11. The van der Waals surface area contributed by atoms with Crippen molar-refractivity contribution in [2.24, 2.45) is 22.1 Å². The third kappa shape index (κ3) is 2.31. The van der Waals surface area contributed by atoms with E-state index in [1.807, 2.05) is 13.8 Å². The van der Waals surface area contributed by atoms with Crippen molar-refractivity contribution in [3.63, 3.8) is 0 Å². The molecule has 0 aromatic rings. The summed E-state index contributed by atoms with van der Waals surface area (Å²) >= 11 is 0. The molecule has 0 amide bonds. The molecule has 0 aliphatic heterocycles. The van der Waals surface area contributed by atoms with Gasteiger partial charge in [0.1, 0.15) is 5.76 Å². The molecule has 1 rings (SSSR count). The molecular weight excluding hydrogens is 166 g/mol. The van der Waals surface area contributed by atoms with Crippen LogP contribution in [0.15, 0.2) is 33.8 Å². The summed E-state index contributed by atoms with van der Waals surface area (Å²) in [4.78, 5) is 0. The van der Waals surface area contributed by atoms with Crippen molar-refractivity contribution in [3.05, 3.63) is 23.5 Å². The van der Waals surface area contributed by atoms with Crippen LogP contribution in [0, 0.1) is 5.92 Å². The number of aliphatic hydroxyl groups is 1. The molecule has 4 heteroatoms. The first kappa shape index (κ1) is 9.77. The average molecular weight is 181 g/mol. The SMILES string of the molecule is CC(C)C1=C(O)C=CC(N=NN)C1. The zero-order chi connectivity index (χ0) is 9.84. The summed E-state index contributed by atoms with van der Waals surface area (Å²) in [5.74, 6) is 5.65. The van der Waals surface area contributed by atoms with Gasteiger partial charge in [0.15, 0.2) is 0 Å². The Morgan fingerprint density at radius 1 is 1.62 bits per heavy atom. The van der Waals surface area contributed by atoms with Gasteiger partial charge < -0.3 is 10.9 Å². The standard InChI is InChI=1S/C9H15N3O/c1-6(2)8-5-7(11-12-10)3-4-9(8)13/h3-4,6-7,13H,5H2,1-2H3,(H2,10,11). The van der Waals surface area contributed by atoms with Gasteiger partial charge in [-0.3, -0.25) is 0 Å². The average Bonchev–Trinajstić information content (AvgIpc) is 2.08. The molecule has 0 spiro atoms. The normalized spacial score (nSPS) is 23.5. The Labute approximate surface area is 77.8 Å². The minimum Gasteiger partial charge on any atom is -0.508 e. The van der Waals surface area contributed by atoms with E-state index in [2.05, 4.69) is 10.3 Å². The van der Waals surface area contributed by atoms with Crippen LogP contribution in [0.1, 0.15) is 20.3 Å². The first-order valence-electron chi connectivity index (χ1n) is 4.35. The molecule has 3 N–H and O–H groups in total. The minimum absolute atomic E-state index is 0.0155. The molecule has 0 saturated heterocycles. The number of hydrogen-bond donors (Lipinski definition) is 2. The fourth-order valence-electron chi connectivity index (χ4n) is 1.40. The topological polar surface area (TPSA) is 71.0 Å². The number of nitrogens with two attached hydrogens (primary N) is 1. The summed E-state index contributed by atoms with van der Waals surface area (Å²) in [5.41, 5.74) is 1.01. The third-order valence-corrected chi connectivity index (χ3v) is 2.15. The number of allylic oxidation sites excluding steroid dienone is 1. The van der Waals surface area contributed by atoms with Gasteiger partial charge in [0.05, 0.1) is 6.04 Å². The van der Waals surface area contributed by atoms with Crippen LogP contribution in [-0.4, -0.2) is 11.1 Å². The maximum atomic E-state index is 9.51. The van der Waals surface area contributed by atoms with Crippen molar-refractivity contribution < 1.29 is 5.11 Å². The van der Waals surface area contributed by atoms with Crippen LogP contribution in [-0.2, 0) is 0 Å². The van der Waals surface area contributed by atoms with E-state index in [4.69, 9.17) is 5.84 Å². The second kappa shape index (κ2) is 4.07. The Bertz CT molecular complexity index is 266. The summed E-state index contributed by atoms with van der Waals surface area (Å²) in [6.45, 7) is 4.09. The highest BCUT2D eigenvalue weighted by Crippen LogP contribution is 2.25. The number of nitrogens with zero attached hydrogens (tertiary/aromatic N) is 2. The fourth-order valence-corrected chi connectivity index (χ4v) is 1.40. The van der Waals surface area contributed by atoms with Crippen LogP contribution in [0.3, 0.4) is 0 Å². The molecule has 0 saturated carbocycles. The molecule has 13 heavy (non-hydrogen) atoms. The van der Waals surface area contributed by atoms with Crippen molar-refractivity contribution >= 4 is 0 Å². The molecule has 0 radical (unpaired) electrons. The van der Waals surface area contributed by atoms with Crippen molar-refractivity contribution in [2.75, 3.05) is 0 Å². The van der Waals surface area contributed by atoms with E-state index in [0.717, 1.165) is 5.57 Å². The number of hydrogen-bond acceptors (Lipinski definition) is 3. The lowest BCUT2D eigenvalue weighted by Crippen LogP contribution is -2.12. The molecule has 0 bridgehead atoms. The first-order valence-corrected chi connectivity index (χ1v) is 4.35. The minimum atomic E-state index is -0.0155. The lowest BCUT2D eigenvalue weighted by Gasteiger charge is -2.18. The van der Waals surface area contributed by atoms with E-state index in [1.54, 1.807) is 12.2 Å². The second-order valence-electron chi connectivity index (χ2n) is 3.43. The quantitative estimate of drug-likeness (QED) is 0.389. The van der Waals surface area contributed by atoms with E-state index in [9.17, 15) is 5.11 Å². The summed E-state index contributed by atoms with van der Waals surface area (Å²) in [5, 5.41) is 16.6. The zero-order valence-corrected chi connectivity index (χ0v) is 7.94. The predicted molar refractivity (Wildman–Crippen MR) is 51.1 cm³/mol. The van der Waals surface area contributed by atoms with Crippen molar-refractivity contribution in [1.29, 1.82) is 0 Å². The molecule has 0 aromatic heterocycles. The second-order valence-corrected chi connectivity index (χ2v) is 3.43. The smallest absolute Gasteiger partial charge is 0.114 e. The van der Waals surface area contributed by atoms with Crippen molar-refractivity contribution in [3.8, 4) is 0 Å². The molecule has 0 fully saturated rings. The number of aliphatic hydroxyl groups excluding tert-OH is 1. The maximum Gasteiger partial charge on any atom is 0.114 e. The molecule has 1 aliphatic carbocycles. The van der Waals surface area contributed by atoms with Gasteiger partial charge in [0, 0.05) is 6.42 Å². The molecule has 1 unspecified atom stereocenters. The van der Waals surface area contributed by atoms with E-state index in [0.29, 0.717) is 18.1 Å². The molecule has 0 heterocycles. The zero-order valence-electron chi connectivity index (χ0n) is 7.94. The summed E-state index contributed by atoms with van der Waals surface area (Å²) in [6.07, 6.45) is 4.18. The molecule has 72 valence electrons. The lowest BCUT2D eigenvalue weighted by atomic mass is 9.91. The summed E-state index contributed by atoms with van der Waals surface area (Å²) in [6, 6.07) is -0.0155. The van der Waals surface area contributed by atoms with Crippen LogP contribution in [0.2, 0.25) is 0 Å². The highest BCUT2D eigenvalue weighted by Gasteiger charge is 2.17. The van der Waals surface area contributed by atoms with E-state index >= 15 is 0 Å². The number of rotatable bonds is 2. The monoisotopic (exact) mass is 181 g/mol. The van der Waals surface area contributed by atoms with E-state index in [-0.39, 0.29) is 6.04 Å². The highest BCUT2D eigenvalue weighted by molar-refractivity contribution is 5.27. The maximum absolute atomic E-state index is 9.51. The van der Waals surface area contributed by atoms with Crippen molar-refractivity contribution in [2.45, 2.75) is 26.3 Å². The largest absolute Gasteiger partial charge is 0.508 e. The van der Waals surface area contributed by atoms with Gasteiger partial charge in [-0.15, -0.1) is 0 Å². The van der Waals surface area contributed by atoms with Crippen molar-refractivity contribution in [1.82, 2.24) is 0 Å². The molecule has 4 nitrogen and oxygen atoms in total. The molecular formula is C9H15N3O. The van der Waals surface area contributed by atoms with Crippen LogP contribution in [0.25, 0.3) is 0 Å². The Balaban J connectivity index is 2.77. The van der Waals surface area contributed by atoms with Gasteiger partial charge in [-0.1, -0.05) is 25.1 Å². The highest BCUT2D eigenvalue weighted by atomic mass is 16.3. The van der Waals surface area contributed by atoms with Crippen LogP contribution < -0.4 is 5.84 Å². The van der Waals surface area contributed by atoms with Gasteiger partial charge in [0.2, 0.25) is 0 Å². The van der Waals surface area contributed by atoms with E-state index < -0.39 is 0 Å². The Morgan fingerprint density at radius 3 is 2.85 bits per heavy atom. The lowest BCUT2D eigenvalue weighted by molar-refractivity contribution is 0.404. The third-order valence-electron chi connectivity index (χ3n) is 2.15. The summed E-state index contributed by atoms with van der Waals surface area (Å²) in [7, 11) is 0. The first-order chi connectivity index (χ1) is 6.15. The molecule has 0 aromatic carbocycles. The van der Waals surface area contributed by atoms with Gasteiger partial charge in [-0.05, 0) is 17.6 Å². The van der Waals surface area contributed by atoms with Gasteiger partial charge in [-0.25, -0.2) is 0 Å². The Kier molecular flexibility index (Phi) is 3.06. The fraction of sp³-hybridized carbons (Fsp3) is 0.556.